The average molecular weight is 239 g/mol. The van der Waals surface area contributed by atoms with Gasteiger partial charge >= 0.3 is 56.8 Å². The van der Waals surface area contributed by atoms with E-state index in [1.807, 2.05) is 0 Å². The van der Waals surface area contributed by atoms with Crippen molar-refractivity contribution in [2.45, 2.75) is 0 Å². The molecule has 0 spiro atoms. The zero-order valence-corrected chi connectivity index (χ0v) is 3.02. The molecule has 0 aromatic carbocycles. The molecule has 0 aliphatic carbocycles. The van der Waals surface area contributed by atoms with Crippen LogP contribution >= 0.6 is 7.91 Å². The molecule has 2 N–H and O–H groups in total. The molecule has 0 bridgehead atoms. The van der Waals surface area contributed by atoms with Crippen molar-refractivity contribution in [3.8, 4) is 0 Å². The fourth-order valence-corrected chi connectivity index (χ4v) is 0. The molecular weight excluding hydrogens is 235 g/mol. The van der Waals surface area contributed by atoms with Gasteiger partial charge < -0.3 is 0 Å². The zero-order chi connectivity index (χ0) is 4.50. The van der Waals surface area contributed by atoms with Gasteiger partial charge in [-0.15, -0.1) is 4.20 Å². The van der Waals surface area contributed by atoms with Gasteiger partial charge in [0.2, 0.25) is 0 Å². The Labute approximate surface area is 74.3 Å². The topological polar surface area (TPSA) is 57.5 Å². The zero-order valence-electron chi connectivity index (χ0n) is 2.13. The molecule has 0 radical (unpaired) electrons. The summed E-state index contributed by atoms with van der Waals surface area (Å²) in [7, 11) is -5.14. The first-order chi connectivity index (χ1) is 2.00. The summed E-state index contributed by atoms with van der Waals surface area (Å²) in [4.78, 5) is 13.9. The van der Waals surface area contributed by atoms with Crippen LogP contribution in [0.4, 0.5) is 4.20 Å². The Balaban J connectivity index is 0. The van der Waals surface area contributed by atoms with Crippen molar-refractivity contribution in [3.05, 3.63) is 0 Å². The number of halogens is 1. The van der Waals surface area contributed by atoms with Crippen LogP contribution in [0.5, 0.6) is 0 Å². The summed E-state index contributed by atoms with van der Waals surface area (Å²) >= 11 is 0. The Morgan fingerprint density at radius 3 is 1.50 bits per heavy atom. The first-order valence-electron chi connectivity index (χ1n) is 0.752. The van der Waals surface area contributed by atoms with E-state index in [9.17, 15) is 4.20 Å². The van der Waals surface area contributed by atoms with E-state index < -0.39 is 7.91 Å². The molecule has 36 valence electrons. The van der Waals surface area contributed by atoms with Crippen molar-refractivity contribution >= 4 is 56.8 Å². The van der Waals surface area contributed by atoms with E-state index in [0.29, 0.717) is 0 Å². The third-order valence-electron chi connectivity index (χ3n) is 0. The van der Waals surface area contributed by atoms with Gasteiger partial charge in [-0.25, -0.2) is 4.57 Å². The van der Waals surface area contributed by atoms with Crippen LogP contribution in [0.3, 0.4) is 0 Å². The third kappa shape index (κ3) is 44.8. The van der Waals surface area contributed by atoms with Gasteiger partial charge in [0.25, 0.3) is 0 Å². The van der Waals surface area contributed by atoms with Crippen LogP contribution in [0.2, 0.25) is 0 Å². The maximum atomic E-state index is 10.4. The fraction of sp³-hybridized carbons (Fsp3) is 0. The van der Waals surface area contributed by atoms with E-state index in [2.05, 4.69) is 0 Å². The number of hydrogen-bond donors (Lipinski definition) is 2. The van der Waals surface area contributed by atoms with Crippen LogP contribution < -0.4 is 0 Å². The summed E-state index contributed by atoms with van der Waals surface area (Å²) in [6.07, 6.45) is 0. The van der Waals surface area contributed by atoms with Crippen molar-refractivity contribution in [2.24, 2.45) is 0 Å². The van der Waals surface area contributed by atoms with Crippen LogP contribution in [-0.4, -0.2) is 58.7 Å². The third-order valence-corrected chi connectivity index (χ3v) is 0. The van der Waals surface area contributed by atoms with Gasteiger partial charge in [0.05, 0.1) is 0 Å². The Hall–Kier alpha value is 1.65. The van der Waals surface area contributed by atoms with Crippen LogP contribution in [-0.2, 0) is 4.57 Å². The van der Waals surface area contributed by atoms with E-state index >= 15 is 0 Å². The summed E-state index contributed by atoms with van der Waals surface area (Å²) in [5.41, 5.74) is 0. The van der Waals surface area contributed by atoms with Crippen LogP contribution in [0.1, 0.15) is 0 Å². The molecule has 0 rings (SSSR count). The van der Waals surface area contributed by atoms with E-state index in [4.69, 9.17) is 14.4 Å². The van der Waals surface area contributed by atoms with Crippen LogP contribution in [0.25, 0.3) is 0 Å². The monoisotopic (exact) mass is 240 g/mol. The Bertz CT molecular complexity index is 56.9. The quantitative estimate of drug-likeness (QED) is 0.427. The normalized spacial score (nSPS) is 9.83. The Morgan fingerprint density at radius 2 is 1.50 bits per heavy atom. The summed E-state index contributed by atoms with van der Waals surface area (Å²) in [6.45, 7) is 0. The second-order valence-electron chi connectivity index (χ2n) is 0.473. The number of hydrogen-bond acceptors (Lipinski definition) is 1. The molecule has 0 atom stereocenters. The summed E-state index contributed by atoms with van der Waals surface area (Å²) in [5, 5.41) is 0. The molecule has 0 saturated carbocycles. The second kappa shape index (κ2) is 3.63. The minimum atomic E-state index is -5.14. The average Bonchev–Trinajstić information content (AvgIpc) is 0.722. The predicted molar refractivity (Wildman–Crippen MR) is 21.7 cm³/mol. The molecule has 0 aromatic rings. The van der Waals surface area contributed by atoms with E-state index in [1.54, 1.807) is 0 Å². The maximum absolute atomic E-state index is 10.4. The molecule has 0 fully saturated rings. The molecule has 0 aliphatic heterocycles. The molecule has 0 amide bonds. The molecule has 0 aromatic heterocycles. The van der Waals surface area contributed by atoms with Gasteiger partial charge in [-0.2, -0.15) is 0 Å². The molecule has 0 saturated heterocycles. The molecular formula is H4BaFO3P. The van der Waals surface area contributed by atoms with Gasteiger partial charge in [-0.3, -0.25) is 9.79 Å². The molecule has 0 unspecified atom stereocenters. The van der Waals surface area contributed by atoms with Crippen molar-refractivity contribution in [1.82, 2.24) is 0 Å². The van der Waals surface area contributed by atoms with Crippen LogP contribution in [0.15, 0.2) is 0 Å². The van der Waals surface area contributed by atoms with Crippen molar-refractivity contribution in [2.75, 3.05) is 0 Å². The summed E-state index contributed by atoms with van der Waals surface area (Å²) in [6, 6.07) is 0. The molecule has 6 heteroatoms. The molecule has 6 heavy (non-hydrogen) atoms. The summed E-state index contributed by atoms with van der Waals surface area (Å²) in [5.74, 6) is 0. The van der Waals surface area contributed by atoms with Gasteiger partial charge in [0, 0.05) is 0 Å². The first-order valence-corrected chi connectivity index (χ1v) is 2.25. The SMILES string of the molecule is O=P(O)(O)F.[BaH2]. The van der Waals surface area contributed by atoms with Gasteiger partial charge in [0.15, 0.2) is 0 Å². The van der Waals surface area contributed by atoms with Crippen LogP contribution in [0, 0.1) is 0 Å². The Morgan fingerprint density at radius 1 is 1.50 bits per heavy atom. The second-order valence-corrected chi connectivity index (χ2v) is 1.42. The summed E-state index contributed by atoms with van der Waals surface area (Å²) < 4.78 is 19.0. The van der Waals surface area contributed by atoms with Crippen molar-refractivity contribution < 1.29 is 18.5 Å². The van der Waals surface area contributed by atoms with E-state index in [-0.39, 0.29) is 48.9 Å². The van der Waals surface area contributed by atoms with Gasteiger partial charge in [-0.05, 0) is 0 Å². The van der Waals surface area contributed by atoms with E-state index in [1.165, 1.54) is 0 Å². The van der Waals surface area contributed by atoms with Crippen molar-refractivity contribution in [3.63, 3.8) is 0 Å². The molecule has 0 heterocycles. The predicted octanol–water partition coefficient (Wildman–Crippen LogP) is -0.868. The fourth-order valence-electron chi connectivity index (χ4n) is 0. The van der Waals surface area contributed by atoms with Gasteiger partial charge in [0.1, 0.15) is 0 Å². The first kappa shape index (κ1) is 10.6. The number of rotatable bonds is 0. The van der Waals surface area contributed by atoms with Crippen molar-refractivity contribution in [1.29, 1.82) is 0 Å². The molecule has 3 nitrogen and oxygen atoms in total. The standard InChI is InChI=1S/Ba.FH2O3P.2H/c;1-5(2,3)4;;/h;(H2,2,3,4);;. The van der Waals surface area contributed by atoms with Gasteiger partial charge in [-0.1, -0.05) is 0 Å². The Kier molecular flexibility index (Phi) is 6.41. The van der Waals surface area contributed by atoms with E-state index in [0.717, 1.165) is 0 Å². The minimum absolute atomic E-state index is 0. The molecule has 0 aliphatic rings.